The average Bonchev–Trinajstić information content (AvgIpc) is 2.85. The zero-order valence-electron chi connectivity index (χ0n) is 10.2. The zero-order valence-corrected chi connectivity index (χ0v) is 11.1. The summed E-state index contributed by atoms with van der Waals surface area (Å²) in [5.74, 6) is -0.267. The molecule has 0 unspecified atom stereocenters. The van der Waals surface area contributed by atoms with Crippen LogP contribution in [0.5, 0.6) is 0 Å². The first-order chi connectivity index (χ1) is 8.77. The fourth-order valence-corrected chi connectivity index (χ4v) is 1.96. The third kappa shape index (κ3) is 2.83. The van der Waals surface area contributed by atoms with E-state index in [4.69, 9.17) is 9.56 Å². The lowest BCUT2D eigenvalue weighted by Crippen LogP contribution is -2.14. The summed E-state index contributed by atoms with van der Waals surface area (Å²) < 4.78 is 28.4. The number of aromatic nitrogens is 2. The van der Waals surface area contributed by atoms with E-state index in [0.717, 1.165) is 11.8 Å². The number of amides is 1. The van der Waals surface area contributed by atoms with Gasteiger partial charge >= 0.3 is 0 Å². The number of carbonyl (C=O) groups excluding carboxylic acids is 1. The van der Waals surface area contributed by atoms with Gasteiger partial charge < -0.3 is 9.73 Å². The number of primary sulfonamides is 1. The van der Waals surface area contributed by atoms with Crippen molar-refractivity contribution in [2.24, 2.45) is 12.2 Å². The fraction of sp³-hybridized carbons (Fsp3) is 0.200. The summed E-state index contributed by atoms with van der Waals surface area (Å²) in [4.78, 5) is 11.8. The van der Waals surface area contributed by atoms with Crippen LogP contribution in [0, 0.1) is 6.92 Å². The molecule has 0 fully saturated rings. The monoisotopic (exact) mass is 284 g/mol. The summed E-state index contributed by atoms with van der Waals surface area (Å²) in [5.41, 5.74) is 0.738. The molecule has 9 heteroatoms. The number of hydrogen-bond donors (Lipinski definition) is 2. The largest absolute Gasteiger partial charge is 0.438 e. The fourth-order valence-electron chi connectivity index (χ4n) is 1.50. The molecule has 0 spiro atoms. The van der Waals surface area contributed by atoms with Gasteiger partial charge in [0.1, 0.15) is 5.82 Å². The first-order valence-corrected chi connectivity index (χ1v) is 6.76. The van der Waals surface area contributed by atoms with Crippen LogP contribution in [0.25, 0.3) is 0 Å². The van der Waals surface area contributed by atoms with E-state index in [-0.39, 0.29) is 5.76 Å². The Bertz CT molecular complexity index is 729. The standard InChI is InChI=1S/C10H12N4O4S/c1-6-5-8(14(2)13-6)12-10(15)7-3-4-9(18-7)19(11,16)17/h3-5H,1-2H3,(H,12,15)(H2,11,16,17). The summed E-state index contributed by atoms with van der Waals surface area (Å²) in [7, 11) is -2.29. The Morgan fingerprint density at radius 3 is 2.63 bits per heavy atom. The van der Waals surface area contributed by atoms with Crippen LogP contribution in [0.4, 0.5) is 5.82 Å². The number of carbonyl (C=O) groups is 1. The topological polar surface area (TPSA) is 120 Å². The summed E-state index contributed by atoms with van der Waals surface area (Å²) in [6.07, 6.45) is 0. The Morgan fingerprint density at radius 1 is 1.47 bits per heavy atom. The minimum atomic E-state index is -3.96. The molecule has 0 aliphatic carbocycles. The van der Waals surface area contributed by atoms with Gasteiger partial charge in [-0.05, 0) is 19.1 Å². The molecule has 0 bridgehead atoms. The number of hydrogen-bond acceptors (Lipinski definition) is 5. The van der Waals surface area contributed by atoms with Gasteiger partial charge in [0.25, 0.3) is 15.9 Å². The summed E-state index contributed by atoms with van der Waals surface area (Å²) in [5, 5.41) is 11.0. The Hall–Kier alpha value is -2.13. The zero-order chi connectivity index (χ0) is 14.2. The van der Waals surface area contributed by atoms with E-state index in [9.17, 15) is 13.2 Å². The van der Waals surface area contributed by atoms with Gasteiger partial charge in [-0.25, -0.2) is 13.6 Å². The van der Waals surface area contributed by atoms with Gasteiger partial charge in [-0.15, -0.1) is 0 Å². The maximum absolute atomic E-state index is 11.8. The van der Waals surface area contributed by atoms with Crippen LogP contribution in [-0.2, 0) is 17.1 Å². The molecule has 2 aromatic heterocycles. The molecule has 0 atom stereocenters. The van der Waals surface area contributed by atoms with Crippen molar-refractivity contribution in [3.8, 4) is 0 Å². The lowest BCUT2D eigenvalue weighted by molar-refractivity contribution is 0.0990. The van der Waals surface area contributed by atoms with Crippen LogP contribution in [0.2, 0.25) is 0 Å². The second-order valence-corrected chi connectivity index (χ2v) is 5.40. The molecule has 2 rings (SSSR count). The number of furan rings is 1. The molecule has 0 aliphatic rings. The number of nitrogens with two attached hydrogens (primary N) is 1. The number of anilines is 1. The maximum atomic E-state index is 11.8. The smallest absolute Gasteiger partial charge is 0.292 e. The van der Waals surface area contributed by atoms with Crippen molar-refractivity contribution in [2.75, 3.05) is 5.32 Å². The van der Waals surface area contributed by atoms with Crippen LogP contribution >= 0.6 is 0 Å². The average molecular weight is 284 g/mol. The number of aryl methyl sites for hydroxylation is 2. The lowest BCUT2D eigenvalue weighted by atomic mass is 10.4. The Labute approximate surface area is 109 Å². The third-order valence-corrected chi connectivity index (χ3v) is 3.11. The highest BCUT2D eigenvalue weighted by Crippen LogP contribution is 2.15. The lowest BCUT2D eigenvalue weighted by Gasteiger charge is -2.02. The highest BCUT2D eigenvalue weighted by atomic mass is 32.2. The molecule has 0 aromatic carbocycles. The highest BCUT2D eigenvalue weighted by Gasteiger charge is 2.18. The van der Waals surface area contributed by atoms with Gasteiger partial charge in [-0.2, -0.15) is 5.10 Å². The third-order valence-electron chi connectivity index (χ3n) is 2.33. The molecule has 0 aliphatic heterocycles. The quantitative estimate of drug-likeness (QED) is 0.835. The molecular weight excluding hydrogens is 272 g/mol. The molecule has 0 saturated carbocycles. The first kappa shape index (κ1) is 13.3. The molecule has 19 heavy (non-hydrogen) atoms. The van der Waals surface area contributed by atoms with Crippen LogP contribution in [0.3, 0.4) is 0 Å². The molecule has 0 radical (unpaired) electrons. The van der Waals surface area contributed by atoms with Crippen molar-refractivity contribution in [1.29, 1.82) is 0 Å². The molecule has 2 heterocycles. The van der Waals surface area contributed by atoms with Crippen LogP contribution < -0.4 is 10.5 Å². The van der Waals surface area contributed by atoms with Gasteiger partial charge in [-0.1, -0.05) is 0 Å². The first-order valence-electron chi connectivity index (χ1n) is 5.22. The number of nitrogens with zero attached hydrogens (tertiary/aromatic N) is 2. The predicted octanol–water partition coefficient (Wildman–Crippen LogP) is 0.221. The second kappa shape index (κ2) is 4.52. The summed E-state index contributed by atoms with van der Waals surface area (Å²) in [6, 6.07) is 4.03. The molecule has 1 amide bonds. The van der Waals surface area contributed by atoms with Gasteiger partial charge in [-0.3, -0.25) is 9.48 Å². The van der Waals surface area contributed by atoms with E-state index in [1.165, 1.54) is 10.7 Å². The van der Waals surface area contributed by atoms with E-state index in [2.05, 4.69) is 10.4 Å². The van der Waals surface area contributed by atoms with E-state index in [0.29, 0.717) is 5.82 Å². The number of sulfonamides is 1. The van der Waals surface area contributed by atoms with Crippen LogP contribution in [0.1, 0.15) is 16.2 Å². The molecule has 3 N–H and O–H groups in total. The van der Waals surface area contributed by atoms with Crippen molar-refractivity contribution >= 4 is 21.7 Å². The second-order valence-electron chi connectivity index (χ2n) is 3.91. The Kier molecular flexibility index (Phi) is 3.16. The van der Waals surface area contributed by atoms with E-state index >= 15 is 0 Å². The van der Waals surface area contributed by atoms with Gasteiger partial charge in [0.2, 0.25) is 5.09 Å². The summed E-state index contributed by atoms with van der Waals surface area (Å²) in [6.45, 7) is 1.78. The van der Waals surface area contributed by atoms with Crippen molar-refractivity contribution in [2.45, 2.75) is 12.0 Å². The minimum Gasteiger partial charge on any atom is -0.438 e. The minimum absolute atomic E-state index is 0.150. The van der Waals surface area contributed by atoms with Gasteiger partial charge in [0.05, 0.1) is 5.69 Å². The van der Waals surface area contributed by atoms with Crippen LogP contribution in [-0.4, -0.2) is 24.1 Å². The normalized spacial score (nSPS) is 11.5. The van der Waals surface area contributed by atoms with Crippen LogP contribution in [0.15, 0.2) is 27.7 Å². The molecule has 0 saturated heterocycles. The van der Waals surface area contributed by atoms with Crippen molar-refractivity contribution in [1.82, 2.24) is 9.78 Å². The Morgan fingerprint density at radius 2 is 2.16 bits per heavy atom. The highest BCUT2D eigenvalue weighted by molar-refractivity contribution is 7.89. The number of nitrogens with one attached hydrogen (secondary N) is 1. The number of rotatable bonds is 3. The van der Waals surface area contributed by atoms with Crippen molar-refractivity contribution in [3.63, 3.8) is 0 Å². The summed E-state index contributed by atoms with van der Waals surface area (Å²) >= 11 is 0. The SMILES string of the molecule is Cc1cc(NC(=O)c2ccc(S(N)(=O)=O)o2)n(C)n1. The van der Waals surface area contributed by atoms with Gasteiger partial charge in [0, 0.05) is 13.1 Å². The van der Waals surface area contributed by atoms with Crippen molar-refractivity contribution in [3.05, 3.63) is 29.7 Å². The molecule has 8 nitrogen and oxygen atoms in total. The molecule has 2 aromatic rings. The molecule has 102 valence electrons. The van der Waals surface area contributed by atoms with E-state index in [1.54, 1.807) is 20.0 Å². The predicted molar refractivity (Wildman–Crippen MR) is 66.0 cm³/mol. The van der Waals surface area contributed by atoms with Crippen molar-refractivity contribution < 1.29 is 17.6 Å². The molecular formula is C10H12N4O4S. The van der Waals surface area contributed by atoms with E-state index in [1.807, 2.05) is 0 Å². The Balaban J connectivity index is 2.21. The van der Waals surface area contributed by atoms with E-state index < -0.39 is 21.0 Å². The maximum Gasteiger partial charge on any atom is 0.292 e. The van der Waals surface area contributed by atoms with Gasteiger partial charge in [0.15, 0.2) is 5.76 Å².